The molecule has 164 valence electrons. The number of hydrogen-bond acceptors (Lipinski definition) is 5. The number of Topliss-reactive ketones (excluding diaryl/α,β-unsaturated/α-hetero) is 1. The molecule has 0 bridgehead atoms. The maximum atomic E-state index is 13.0. The number of fused-ring (bicyclic) bond motifs is 1. The maximum Gasteiger partial charge on any atom is 0.339 e. The van der Waals surface area contributed by atoms with Gasteiger partial charge in [-0.25, -0.2) is 9.78 Å². The lowest BCUT2D eigenvalue weighted by atomic mass is 10.0. The number of hydrogen-bond donors (Lipinski definition) is 0. The first-order valence-electron chi connectivity index (χ1n) is 10.8. The molecular formula is C29H20N2O3. The Kier molecular flexibility index (Phi) is 5.91. The van der Waals surface area contributed by atoms with Crippen LogP contribution in [0.3, 0.4) is 0 Å². The Morgan fingerprint density at radius 3 is 2.15 bits per heavy atom. The summed E-state index contributed by atoms with van der Waals surface area (Å²) in [6, 6.07) is 29.9. The SMILES string of the molecule is O=C(COC(=O)c1cc(-c2ccncc2)nc2ccccc12)c1ccc(-c2ccccc2)cc1. The molecule has 3 aromatic carbocycles. The largest absolute Gasteiger partial charge is 0.454 e. The van der Waals surface area contributed by atoms with Gasteiger partial charge < -0.3 is 4.74 Å². The Balaban J connectivity index is 1.35. The van der Waals surface area contributed by atoms with Crippen LogP contribution in [-0.4, -0.2) is 28.3 Å². The van der Waals surface area contributed by atoms with Crippen LogP contribution in [-0.2, 0) is 4.74 Å². The van der Waals surface area contributed by atoms with Crippen molar-refractivity contribution in [2.24, 2.45) is 0 Å². The number of nitrogens with zero attached hydrogens (tertiary/aromatic N) is 2. The maximum absolute atomic E-state index is 13.0. The molecule has 34 heavy (non-hydrogen) atoms. The molecular weight excluding hydrogens is 424 g/mol. The van der Waals surface area contributed by atoms with Crippen molar-refractivity contribution < 1.29 is 14.3 Å². The van der Waals surface area contributed by atoms with Crippen molar-refractivity contribution in [2.75, 3.05) is 6.61 Å². The number of benzene rings is 3. The number of ketones is 1. The fraction of sp³-hybridized carbons (Fsp3) is 0.0345. The van der Waals surface area contributed by atoms with Crippen molar-refractivity contribution in [1.82, 2.24) is 9.97 Å². The summed E-state index contributed by atoms with van der Waals surface area (Å²) in [5, 5.41) is 0.671. The van der Waals surface area contributed by atoms with E-state index in [9.17, 15) is 9.59 Å². The van der Waals surface area contributed by atoms with Gasteiger partial charge in [-0.3, -0.25) is 9.78 Å². The Morgan fingerprint density at radius 1 is 0.706 bits per heavy atom. The van der Waals surface area contributed by atoms with Gasteiger partial charge in [0, 0.05) is 28.9 Å². The second kappa shape index (κ2) is 9.46. The van der Waals surface area contributed by atoms with E-state index in [2.05, 4.69) is 9.97 Å². The van der Waals surface area contributed by atoms with Crippen LogP contribution in [0.15, 0.2) is 109 Å². The Labute approximate surface area is 196 Å². The minimum atomic E-state index is -0.567. The normalized spacial score (nSPS) is 10.7. The van der Waals surface area contributed by atoms with E-state index in [1.807, 2.05) is 78.9 Å². The molecule has 5 aromatic rings. The van der Waals surface area contributed by atoms with Gasteiger partial charge in [0.1, 0.15) is 0 Å². The molecule has 0 aliphatic rings. The average Bonchev–Trinajstić information content (AvgIpc) is 2.92. The zero-order valence-corrected chi connectivity index (χ0v) is 18.2. The lowest BCUT2D eigenvalue weighted by molar-refractivity contribution is 0.0476. The van der Waals surface area contributed by atoms with Gasteiger partial charge in [0.15, 0.2) is 12.4 Å². The molecule has 0 amide bonds. The molecule has 0 spiro atoms. The van der Waals surface area contributed by atoms with Crippen LogP contribution >= 0.6 is 0 Å². The Morgan fingerprint density at radius 2 is 1.38 bits per heavy atom. The number of pyridine rings is 2. The minimum absolute atomic E-state index is 0.263. The Bertz CT molecular complexity index is 1460. The fourth-order valence-electron chi connectivity index (χ4n) is 3.79. The van der Waals surface area contributed by atoms with Crippen molar-refractivity contribution in [2.45, 2.75) is 0 Å². The number of aromatic nitrogens is 2. The quantitative estimate of drug-likeness (QED) is 0.237. The Hall–Kier alpha value is -4.64. The van der Waals surface area contributed by atoms with Crippen molar-refractivity contribution in [3.05, 3.63) is 121 Å². The molecule has 0 atom stereocenters. The van der Waals surface area contributed by atoms with Crippen LogP contribution in [0.5, 0.6) is 0 Å². The van der Waals surface area contributed by atoms with E-state index >= 15 is 0 Å². The molecule has 0 N–H and O–H groups in total. The highest BCUT2D eigenvalue weighted by Gasteiger charge is 2.17. The van der Waals surface area contributed by atoms with E-state index in [0.29, 0.717) is 27.7 Å². The molecule has 0 saturated heterocycles. The molecule has 0 saturated carbocycles. The number of rotatable bonds is 6. The highest BCUT2D eigenvalue weighted by molar-refractivity contribution is 6.06. The van der Waals surface area contributed by atoms with E-state index < -0.39 is 5.97 Å². The van der Waals surface area contributed by atoms with Crippen LogP contribution in [0.2, 0.25) is 0 Å². The first kappa shape index (κ1) is 21.2. The van der Waals surface area contributed by atoms with E-state index in [1.165, 1.54) is 0 Å². The number of ether oxygens (including phenoxy) is 1. The van der Waals surface area contributed by atoms with Crippen molar-refractivity contribution >= 4 is 22.7 Å². The third-order valence-electron chi connectivity index (χ3n) is 5.56. The molecule has 0 aliphatic carbocycles. The van der Waals surface area contributed by atoms with Gasteiger partial charge in [0.25, 0.3) is 0 Å². The molecule has 2 aromatic heterocycles. The lowest BCUT2D eigenvalue weighted by Crippen LogP contribution is -2.15. The smallest absolute Gasteiger partial charge is 0.339 e. The molecule has 0 radical (unpaired) electrons. The summed E-state index contributed by atoms with van der Waals surface area (Å²) in [5.74, 6) is -0.830. The van der Waals surface area contributed by atoms with E-state index in [4.69, 9.17) is 4.74 Å². The van der Waals surface area contributed by atoms with Crippen LogP contribution in [0.25, 0.3) is 33.3 Å². The molecule has 0 unspecified atom stereocenters. The van der Waals surface area contributed by atoms with Gasteiger partial charge in [-0.05, 0) is 35.4 Å². The van der Waals surface area contributed by atoms with E-state index in [0.717, 1.165) is 16.7 Å². The van der Waals surface area contributed by atoms with Gasteiger partial charge in [-0.1, -0.05) is 72.8 Å². The second-order valence-corrected chi connectivity index (χ2v) is 7.75. The summed E-state index contributed by atoms with van der Waals surface area (Å²) < 4.78 is 5.43. The molecule has 2 heterocycles. The third-order valence-corrected chi connectivity index (χ3v) is 5.56. The molecule has 5 heteroatoms. The van der Waals surface area contributed by atoms with Crippen molar-refractivity contribution in [3.8, 4) is 22.4 Å². The molecule has 0 aliphatic heterocycles. The first-order chi connectivity index (χ1) is 16.7. The standard InChI is InChI=1S/C29H20N2O3/c32-28(23-12-10-21(11-13-23)20-6-2-1-3-7-20)19-34-29(33)25-18-27(22-14-16-30-17-15-22)31-26-9-5-4-8-24(25)26/h1-18H,19H2. The third kappa shape index (κ3) is 4.45. The number of carbonyl (C=O) groups excluding carboxylic acids is 2. The summed E-state index contributed by atoms with van der Waals surface area (Å²) >= 11 is 0. The molecule has 5 rings (SSSR count). The zero-order valence-electron chi connectivity index (χ0n) is 18.2. The zero-order chi connectivity index (χ0) is 23.3. The first-order valence-corrected chi connectivity index (χ1v) is 10.8. The van der Waals surface area contributed by atoms with Gasteiger partial charge in [-0.15, -0.1) is 0 Å². The van der Waals surface area contributed by atoms with Crippen LogP contribution in [0.4, 0.5) is 0 Å². The summed E-state index contributed by atoms with van der Waals surface area (Å²) in [7, 11) is 0. The fourth-order valence-corrected chi connectivity index (χ4v) is 3.79. The van der Waals surface area contributed by atoms with Crippen LogP contribution in [0.1, 0.15) is 20.7 Å². The summed E-state index contributed by atoms with van der Waals surface area (Å²) in [4.78, 5) is 34.4. The summed E-state index contributed by atoms with van der Waals surface area (Å²) in [6.07, 6.45) is 3.35. The van der Waals surface area contributed by atoms with E-state index in [-0.39, 0.29) is 12.4 Å². The monoisotopic (exact) mass is 444 g/mol. The van der Waals surface area contributed by atoms with Gasteiger partial charge in [0.05, 0.1) is 16.8 Å². The van der Waals surface area contributed by atoms with Crippen LogP contribution < -0.4 is 0 Å². The van der Waals surface area contributed by atoms with E-state index in [1.54, 1.807) is 30.6 Å². The summed E-state index contributed by atoms with van der Waals surface area (Å²) in [6.45, 7) is -0.343. The summed E-state index contributed by atoms with van der Waals surface area (Å²) in [5.41, 5.74) is 5.09. The highest BCUT2D eigenvalue weighted by Crippen LogP contribution is 2.25. The van der Waals surface area contributed by atoms with Crippen LogP contribution in [0, 0.1) is 0 Å². The number of carbonyl (C=O) groups is 2. The second-order valence-electron chi connectivity index (χ2n) is 7.75. The van der Waals surface area contributed by atoms with Gasteiger partial charge in [0.2, 0.25) is 0 Å². The predicted molar refractivity (Wildman–Crippen MR) is 131 cm³/mol. The van der Waals surface area contributed by atoms with Gasteiger partial charge in [-0.2, -0.15) is 0 Å². The lowest BCUT2D eigenvalue weighted by Gasteiger charge is -2.10. The van der Waals surface area contributed by atoms with Crippen molar-refractivity contribution in [1.29, 1.82) is 0 Å². The molecule has 0 fully saturated rings. The minimum Gasteiger partial charge on any atom is -0.454 e. The molecule has 5 nitrogen and oxygen atoms in total. The highest BCUT2D eigenvalue weighted by atomic mass is 16.5. The topological polar surface area (TPSA) is 69.2 Å². The van der Waals surface area contributed by atoms with Gasteiger partial charge >= 0.3 is 5.97 Å². The number of para-hydroxylation sites is 1. The predicted octanol–water partition coefficient (Wildman–Crippen LogP) is 6.00. The average molecular weight is 444 g/mol. The van der Waals surface area contributed by atoms with Crippen molar-refractivity contribution in [3.63, 3.8) is 0 Å². The number of esters is 1.